The standard InChI is InChI=1S/C23H22FN3O3/c1-4-23(13-15-8-10-17(24)11-9-15)22(29)27(2)19(21(28)26-23)12-18-16(14-25)6-5-7-20(18)30-3/h5-12H,4,13H2,1-3H3,(H,26,28)/b19-12+. The molecule has 1 heterocycles. The molecule has 1 saturated heterocycles. The molecule has 1 N–H and O–H groups in total. The second-order valence-electron chi connectivity index (χ2n) is 7.12. The van der Waals surface area contributed by atoms with Crippen LogP contribution in [0.15, 0.2) is 48.2 Å². The summed E-state index contributed by atoms with van der Waals surface area (Å²) < 4.78 is 18.6. The van der Waals surface area contributed by atoms with Gasteiger partial charge in [0.05, 0.1) is 18.7 Å². The van der Waals surface area contributed by atoms with E-state index in [9.17, 15) is 19.2 Å². The van der Waals surface area contributed by atoms with Crippen molar-refractivity contribution in [2.24, 2.45) is 0 Å². The summed E-state index contributed by atoms with van der Waals surface area (Å²) in [4.78, 5) is 27.6. The van der Waals surface area contributed by atoms with E-state index in [1.165, 1.54) is 37.3 Å². The van der Waals surface area contributed by atoms with Crippen LogP contribution in [0, 0.1) is 17.1 Å². The van der Waals surface area contributed by atoms with Gasteiger partial charge in [0.2, 0.25) is 0 Å². The fourth-order valence-electron chi connectivity index (χ4n) is 3.62. The molecule has 7 heteroatoms. The molecule has 0 aliphatic carbocycles. The van der Waals surface area contributed by atoms with Crippen molar-refractivity contribution >= 4 is 17.9 Å². The van der Waals surface area contributed by atoms with Crippen LogP contribution in [0.2, 0.25) is 0 Å². The third-order valence-corrected chi connectivity index (χ3v) is 5.37. The molecule has 0 aromatic heterocycles. The Hall–Kier alpha value is -3.66. The van der Waals surface area contributed by atoms with Gasteiger partial charge in [-0.1, -0.05) is 25.1 Å². The number of piperazine rings is 1. The van der Waals surface area contributed by atoms with E-state index >= 15 is 0 Å². The van der Waals surface area contributed by atoms with Crippen LogP contribution in [0.1, 0.15) is 30.0 Å². The molecule has 3 rings (SSSR count). The summed E-state index contributed by atoms with van der Waals surface area (Å²) in [5, 5.41) is 12.3. The molecular weight excluding hydrogens is 385 g/mol. The van der Waals surface area contributed by atoms with Crippen LogP contribution in [-0.4, -0.2) is 36.4 Å². The summed E-state index contributed by atoms with van der Waals surface area (Å²) >= 11 is 0. The van der Waals surface area contributed by atoms with Gasteiger partial charge in [0.25, 0.3) is 11.8 Å². The zero-order valence-electron chi connectivity index (χ0n) is 17.0. The molecule has 1 aliphatic rings. The Morgan fingerprint density at radius 2 is 1.93 bits per heavy atom. The van der Waals surface area contributed by atoms with Gasteiger partial charge in [-0.25, -0.2) is 4.39 Å². The summed E-state index contributed by atoms with van der Waals surface area (Å²) in [6.45, 7) is 1.82. The van der Waals surface area contributed by atoms with Gasteiger partial charge in [-0.3, -0.25) is 9.59 Å². The monoisotopic (exact) mass is 407 g/mol. The molecule has 0 bridgehead atoms. The van der Waals surface area contributed by atoms with Crippen LogP contribution < -0.4 is 10.1 Å². The molecule has 2 aromatic rings. The number of methoxy groups -OCH3 is 1. The molecule has 0 spiro atoms. The number of amides is 2. The average molecular weight is 407 g/mol. The molecule has 2 aromatic carbocycles. The average Bonchev–Trinajstić information content (AvgIpc) is 2.76. The summed E-state index contributed by atoms with van der Waals surface area (Å²) in [6, 6.07) is 12.9. The smallest absolute Gasteiger partial charge is 0.268 e. The van der Waals surface area contributed by atoms with Gasteiger partial charge in [0, 0.05) is 19.0 Å². The molecule has 1 aliphatic heterocycles. The van der Waals surface area contributed by atoms with Gasteiger partial charge < -0.3 is 15.0 Å². The van der Waals surface area contributed by atoms with E-state index in [0.29, 0.717) is 23.3 Å². The first-order valence-corrected chi connectivity index (χ1v) is 9.49. The van der Waals surface area contributed by atoms with E-state index < -0.39 is 11.4 Å². The Bertz CT molecular complexity index is 1060. The van der Waals surface area contributed by atoms with Crippen molar-refractivity contribution in [2.45, 2.75) is 25.3 Å². The molecule has 154 valence electrons. The van der Waals surface area contributed by atoms with Gasteiger partial charge in [0.1, 0.15) is 22.8 Å². The van der Waals surface area contributed by atoms with E-state index in [-0.39, 0.29) is 23.8 Å². The molecule has 1 atom stereocenters. The van der Waals surface area contributed by atoms with Crippen LogP contribution in [0.25, 0.3) is 6.08 Å². The van der Waals surface area contributed by atoms with Crippen molar-refractivity contribution in [3.05, 3.63) is 70.7 Å². The van der Waals surface area contributed by atoms with Crippen LogP contribution in [-0.2, 0) is 16.0 Å². The van der Waals surface area contributed by atoms with Crippen molar-refractivity contribution in [1.29, 1.82) is 5.26 Å². The minimum atomic E-state index is -1.14. The first-order valence-electron chi connectivity index (χ1n) is 9.49. The maximum absolute atomic E-state index is 13.3. The highest BCUT2D eigenvalue weighted by Crippen LogP contribution is 2.30. The van der Waals surface area contributed by atoms with E-state index in [1.54, 1.807) is 30.3 Å². The highest BCUT2D eigenvalue weighted by atomic mass is 19.1. The summed E-state index contributed by atoms with van der Waals surface area (Å²) in [7, 11) is 3.00. The third kappa shape index (κ3) is 3.77. The number of hydrogen-bond donors (Lipinski definition) is 1. The largest absolute Gasteiger partial charge is 0.496 e. The number of rotatable bonds is 5. The predicted molar refractivity (Wildman–Crippen MR) is 110 cm³/mol. The fraction of sp³-hybridized carbons (Fsp3) is 0.261. The van der Waals surface area contributed by atoms with Gasteiger partial charge >= 0.3 is 0 Å². The fourth-order valence-corrected chi connectivity index (χ4v) is 3.62. The Morgan fingerprint density at radius 1 is 1.23 bits per heavy atom. The molecular formula is C23H22FN3O3. The zero-order chi connectivity index (χ0) is 21.9. The number of carbonyl (C=O) groups is 2. The first kappa shape index (κ1) is 21.1. The van der Waals surface area contributed by atoms with Crippen LogP contribution in [0.4, 0.5) is 4.39 Å². The summed E-state index contributed by atoms with van der Waals surface area (Å²) in [5.74, 6) is -0.658. The van der Waals surface area contributed by atoms with Crippen molar-refractivity contribution in [2.75, 3.05) is 14.2 Å². The molecule has 0 radical (unpaired) electrons. The third-order valence-electron chi connectivity index (χ3n) is 5.37. The number of carbonyl (C=O) groups excluding carboxylic acids is 2. The number of nitrogens with one attached hydrogen (secondary N) is 1. The van der Waals surface area contributed by atoms with Gasteiger partial charge in [0.15, 0.2) is 0 Å². The number of benzene rings is 2. The number of likely N-dealkylation sites (N-methyl/N-ethyl adjacent to an activating group) is 1. The molecule has 2 amide bonds. The van der Waals surface area contributed by atoms with Crippen LogP contribution in [0.3, 0.4) is 0 Å². The van der Waals surface area contributed by atoms with Gasteiger partial charge in [-0.15, -0.1) is 0 Å². The second-order valence-corrected chi connectivity index (χ2v) is 7.12. The lowest BCUT2D eigenvalue weighted by molar-refractivity contribution is -0.144. The molecule has 0 saturated carbocycles. The normalized spacial score (nSPS) is 20.1. The Labute approximate surface area is 174 Å². The van der Waals surface area contributed by atoms with Gasteiger partial charge in [-0.2, -0.15) is 5.26 Å². The quantitative estimate of drug-likeness (QED) is 0.773. The number of nitrogens with zero attached hydrogens (tertiary/aromatic N) is 2. The highest BCUT2D eigenvalue weighted by Gasteiger charge is 2.46. The second kappa shape index (κ2) is 8.37. The summed E-state index contributed by atoms with van der Waals surface area (Å²) in [6.07, 6.45) is 2.09. The van der Waals surface area contributed by atoms with Crippen molar-refractivity contribution in [3.63, 3.8) is 0 Å². The predicted octanol–water partition coefficient (Wildman–Crippen LogP) is 3.03. The minimum absolute atomic E-state index is 0.115. The zero-order valence-corrected chi connectivity index (χ0v) is 17.0. The Morgan fingerprint density at radius 3 is 2.53 bits per heavy atom. The number of hydrogen-bond acceptors (Lipinski definition) is 4. The number of nitriles is 1. The topological polar surface area (TPSA) is 82.4 Å². The number of ether oxygens (including phenoxy) is 1. The van der Waals surface area contributed by atoms with Crippen molar-refractivity contribution < 1.29 is 18.7 Å². The van der Waals surface area contributed by atoms with Crippen molar-refractivity contribution in [1.82, 2.24) is 10.2 Å². The summed E-state index contributed by atoms with van der Waals surface area (Å²) in [5.41, 5.74) is 0.470. The number of halogens is 1. The van der Waals surface area contributed by atoms with E-state index in [2.05, 4.69) is 11.4 Å². The molecule has 30 heavy (non-hydrogen) atoms. The van der Waals surface area contributed by atoms with Crippen molar-refractivity contribution in [3.8, 4) is 11.8 Å². The lowest BCUT2D eigenvalue weighted by Gasteiger charge is -2.41. The maximum Gasteiger partial charge on any atom is 0.268 e. The Kier molecular flexibility index (Phi) is 5.88. The van der Waals surface area contributed by atoms with E-state index in [4.69, 9.17) is 4.74 Å². The first-order chi connectivity index (χ1) is 14.3. The SMILES string of the molecule is CCC1(Cc2ccc(F)cc2)NC(=O)/C(=C\c2c(C#N)cccc2OC)N(C)C1=O. The lowest BCUT2D eigenvalue weighted by atomic mass is 9.84. The van der Waals surface area contributed by atoms with Crippen LogP contribution in [0.5, 0.6) is 5.75 Å². The van der Waals surface area contributed by atoms with E-state index in [0.717, 1.165) is 5.56 Å². The van der Waals surface area contributed by atoms with E-state index in [1.807, 2.05) is 6.92 Å². The highest BCUT2D eigenvalue weighted by molar-refractivity contribution is 6.09. The molecule has 1 fully saturated rings. The van der Waals surface area contributed by atoms with Gasteiger partial charge in [-0.05, 0) is 42.3 Å². The minimum Gasteiger partial charge on any atom is -0.496 e. The molecule has 1 unspecified atom stereocenters. The maximum atomic E-state index is 13.3. The lowest BCUT2D eigenvalue weighted by Crippen LogP contribution is -2.65. The Balaban J connectivity index is 2.00. The molecule has 6 nitrogen and oxygen atoms in total. The van der Waals surface area contributed by atoms with Crippen LogP contribution >= 0.6 is 0 Å².